The maximum Gasteiger partial charge on any atom is 0.341 e. The molecular formula is C15H15F2N2O4S+. The quantitative estimate of drug-likeness (QED) is 0.331. The number of carbonyl (C=O) groups is 1. The fraction of sp³-hybridized carbons (Fsp3) is 0.133. The van der Waals surface area contributed by atoms with Gasteiger partial charge in [-0.2, -0.15) is 19.4 Å². The highest BCUT2D eigenvalue weighted by Crippen LogP contribution is 2.35. The zero-order chi connectivity index (χ0) is 17.9. The fourth-order valence-electron chi connectivity index (χ4n) is 2.13. The second-order valence-corrected chi connectivity index (χ2v) is 5.24. The molecule has 0 saturated heterocycles. The van der Waals surface area contributed by atoms with Gasteiger partial charge in [0.2, 0.25) is 0 Å². The van der Waals surface area contributed by atoms with Crippen molar-refractivity contribution in [1.29, 1.82) is 0 Å². The molecule has 0 aliphatic carbocycles. The largest absolute Gasteiger partial charge is 0.493 e. The Morgan fingerprint density at radius 1 is 1.17 bits per heavy atom. The minimum absolute atomic E-state index is 0.0201. The van der Waals surface area contributed by atoms with Crippen LogP contribution in [-0.4, -0.2) is 25.4 Å². The molecule has 0 fully saturated rings. The highest BCUT2D eigenvalue weighted by Gasteiger charge is 2.35. The van der Waals surface area contributed by atoms with Crippen LogP contribution in [0.15, 0.2) is 36.4 Å². The number of thiol groups is 1. The van der Waals surface area contributed by atoms with Crippen molar-refractivity contribution in [3.05, 3.63) is 53.6 Å². The third kappa shape index (κ3) is 3.42. The van der Waals surface area contributed by atoms with Gasteiger partial charge in [0.15, 0.2) is 17.4 Å². The Balaban J connectivity index is 2.49. The molecule has 0 aromatic heterocycles. The van der Waals surface area contributed by atoms with Gasteiger partial charge in [-0.1, -0.05) is 12.1 Å². The van der Waals surface area contributed by atoms with Crippen molar-refractivity contribution in [3.63, 3.8) is 0 Å². The zero-order valence-corrected chi connectivity index (χ0v) is 13.7. The highest BCUT2D eigenvalue weighted by atomic mass is 32.1. The average Bonchev–Trinajstić information content (AvgIpc) is 2.53. The summed E-state index contributed by atoms with van der Waals surface area (Å²) in [5.41, 5.74) is 1.79. The molecule has 2 aromatic rings. The van der Waals surface area contributed by atoms with Crippen LogP contribution in [0.5, 0.6) is 5.75 Å². The van der Waals surface area contributed by atoms with E-state index in [1.807, 2.05) is 0 Å². The number of quaternary nitrogens is 1. The number of hydrogen-bond donors (Lipinski definition) is 3. The minimum atomic E-state index is -1.64. The van der Waals surface area contributed by atoms with Crippen LogP contribution in [-0.2, 0) is 4.74 Å². The summed E-state index contributed by atoms with van der Waals surface area (Å²) < 4.78 is 35.9. The molecule has 2 rings (SSSR count). The Bertz CT molecular complexity index is 751. The number of methoxy groups -OCH3 is 2. The van der Waals surface area contributed by atoms with Gasteiger partial charge in [0.25, 0.3) is 5.69 Å². The van der Waals surface area contributed by atoms with Crippen molar-refractivity contribution in [2.75, 3.05) is 19.6 Å². The normalized spacial score (nSPS) is 13.1. The smallest absolute Gasteiger partial charge is 0.341 e. The fourth-order valence-corrected chi connectivity index (χ4v) is 2.43. The molecule has 0 saturated carbocycles. The summed E-state index contributed by atoms with van der Waals surface area (Å²) in [6, 6.07) is 7.44. The lowest BCUT2D eigenvalue weighted by molar-refractivity contribution is 0.0460. The van der Waals surface area contributed by atoms with Gasteiger partial charge in [0.05, 0.1) is 14.2 Å². The van der Waals surface area contributed by atoms with Gasteiger partial charge in [-0.25, -0.2) is 4.79 Å². The van der Waals surface area contributed by atoms with Gasteiger partial charge in [-0.15, -0.1) is 0 Å². The van der Waals surface area contributed by atoms with Crippen molar-refractivity contribution in [1.82, 2.24) is 4.16 Å². The lowest BCUT2D eigenvalue weighted by atomic mass is 10.1. The molecule has 1 unspecified atom stereocenters. The Labute approximate surface area is 142 Å². The van der Waals surface area contributed by atoms with E-state index in [0.717, 1.165) is 18.2 Å². The number of nitrogens with one attached hydrogen (secondary N) is 1. The van der Waals surface area contributed by atoms with E-state index < -0.39 is 27.5 Å². The number of rotatable bonds is 5. The summed E-state index contributed by atoms with van der Waals surface area (Å²) >= 11 is 3.85. The summed E-state index contributed by atoms with van der Waals surface area (Å²) in [5, 5.41) is 10.3. The number of carbonyl (C=O) groups excluding carboxylic acids is 1. The van der Waals surface area contributed by atoms with Crippen LogP contribution in [0.2, 0.25) is 0 Å². The molecule has 0 heterocycles. The molecule has 2 N–H and O–H groups in total. The standard InChI is InChI=1S/C15H15F2N2O4S/c1-22-14-9(15(20)23-2)5-3-8-12(14)18-19(21,24)13-10(16)6-4-7-11(13)17/h3-8,18,21,24H,1-2H3/q+1. The molecule has 0 aliphatic heterocycles. The molecule has 6 nitrogen and oxygen atoms in total. The summed E-state index contributed by atoms with van der Waals surface area (Å²) in [6.07, 6.45) is 0. The van der Waals surface area contributed by atoms with E-state index in [1.54, 1.807) is 0 Å². The molecule has 0 amide bonds. The number of nitrogens with zero attached hydrogens (tertiary/aromatic N) is 1. The Hall–Kier alpha value is -2.36. The Kier molecular flexibility index (Phi) is 5.27. The number of esters is 1. The van der Waals surface area contributed by atoms with Crippen molar-refractivity contribution >= 4 is 30.2 Å². The van der Waals surface area contributed by atoms with Gasteiger partial charge in [0.1, 0.15) is 24.1 Å². The lowest BCUT2D eigenvalue weighted by Crippen LogP contribution is -2.43. The molecule has 9 heteroatoms. The predicted octanol–water partition coefficient (Wildman–Crippen LogP) is 3.33. The van der Waals surface area contributed by atoms with Crippen LogP contribution in [0.3, 0.4) is 0 Å². The molecule has 1 atom stereocenters. The molecule has 128 valence electrons. The maximum absolute atomic E-state index is 13.9. The van der Waals surface area contributed by atoms with E-state index in [-0.39, 0.29) is 17.0 Å². The van der Waals surface area contributed by atoms with Crippen LogP contribution < -0.4 is 14.3 Å². The lowest BCUT2D eigenvalue weighted by Gasteiger charge is -2.24. The number of hydrogen-bond acceptors (Lipinski definition) is 6. The number of benzene rings is 2. The highest BCUT2D eigenvalue weighted by molar-refractivity contribution is 7.79. The molecular weight excluding hydrogens is 342 g/mol. The molecule has 0 spiro atoms. The van der Waals surface area contributed by atoms with Crippen molar-refractivity contribution in [2.45, 2.75) is 0 Å². The van der Waals surface area contributed by atoms with Crippen molar-refractivity contribution < 1.29 is 28.3 Å². The summed E-state index contributed by atoms with van der Waals surface area (Å²) in [6.45, 7) is 0. The van der Waals surface area contributed by atoms with Gasteiger partial charge in [0, 0.05) is 4.16 Å². The topological polar surface area (TPSA) is 67.8 Å². The second kappa shape index (κ2) is 7.04. The third-order valence-corrected chi connectivity index (χ3v) is 3.45. The zero-order valence-electron chi connectivity index (χ0n) is 12.8. The number of ether oxygens (including phenoxy) is 2. The summed E-state index contributed by atoms with van der Waals surface area (Å²) in [4.78, 5) is 11.8. The van der Waals surface area contributed by atoms with E-state index in [1.165, 1.54) is 32.4 Å². The second-order valence-electron chi connectivity index (χ2n) is 4.66. The molecule has 0 radical (unpaired) electrons. The van der Waals surface area contributed by atoms with Crippen LogP contribution >= 0.6 is 12.8 Å². The number of anilines is 1. The van der Waals surface area contributed by atoms with Gasteiger partial charge in [-0.3, -0.25) is 0 Å². The number of halogens is 2. The Morgan fingerprint density at radius 3 is 2.29 bits per heavy atom. The van der Waals surface area contributed by atoms with Crippen LogP contribution in [0.1, 0.15) is 10.4 Å². The first-order valence-corrected chi connectivity index (χ1v) is 7.04. The first-order valence-electron chi connectivity index (χ1n) is 6.64. The Morgan fingerprint density at radius 2 is 1.75 bits per heavy atom. The van der Waals surface area contributed by atoms with Gasteiger partial charge in [-0.05, 0) is 24.3 Å². The van der Waals surface area contributed by atoms with Crippen LogP contribution in [0, 0.1) is 11.6 Å². The molecule has 0 aliphatic rings. The van der Waals surface area contributed by atoms with E-state index in [2.05, 4.69) is 23.0 Å². The van der Waals surface area contributed by atoms with Gasteiger partial charge < -0.3 is 9.47 Å². The molecule has 24 heavy (non-hydrogen) atoms. The summed E-state index contributed by atoms with van der Waals surface area (Å²) in [5.74, 6) is -2.68. The molecule has 2 aromatic carbocycles. The first kappa shape index (κ1) is 18.0. The third-order valence-electron chi connectivity index (χ3n) is 3.15. The van der Waals surface area contributed by atoms with E-state index in [0.29, 0.717) is 0 Å². The van der Waals surface area contributed by atoms with Gasteiger partial charge >= 0.3 is 5.97 Å². The van der Waals surface area contributed by atoms with Crippen LogP contribution in [0.4, 0.5) is 20.2 Å². The number of para-hydroxylation sites is 2. The van der Waals surface area contributed by atoms with Crippen molar-refractivity contribution in [2.24, 2.45) is 0 Å². The van der Waals surface area contributed by atoms with E-state index in [9.17, 15) is 18.8 Å². The SMILES string of the molecule is COC(=O)c1cccc(N[N+](O)(S)c2c(F)cccc2F)c1OC. The predicted molar refractivity (Wildman–Crippen MR) is 86.9 cm³/mol. The summed E-state index contributed by atoms with van der Waals surface area (Å²) in [7, 11) is 2.49. The van der Waals surface area contributed by atoms with Crippen LogP contribution in [0.25, 0.3) is 0 Å². The maximum atomic E-state index is 13.9. The monoisotopic (exact) mass is 357 g/mol. The van der Waals surface area contributed by atoms with Crippen molar-refractivity contribution in [3.8, 4) is 5.75 Å². The minimum Gasteiger partial charge on any atom is -0.493 e. The molecule has 0 bridgehead atoms. The van der Waals surface area contributed by atoms with E-state index in [4.69, 9.17) is 4.74 Å². The first-order chi connectivity index (χ1) is 11.3. The van der Waals surface area contributed by atoms with E-state index >= 15 is 0 Å². The average molecular weight is 357 g/mol.